The van der Waals surface area contributed by atoms with E-state index in [1.165, 1.54) is 0 Å². The van der Waals surface area contributed by atoms with Crippen molar-refractivity contribution in [2.75, 3.05) is 25.5 Å². The largest absolute Gasteiger partial charge is 0.496 e. The third kappa shape index (κ3) is 3.92. The van der Waals surface area contributed by atoms with Gasteiger partial charge in [0, 0.05) is 38.3 Å². The van der Waals surface area contributed by atoms with Crippen LogP contribution in [0.5, 0.6) is 5.75 Å². The van der Waals surface area contributed by atoms with E-state index in [-0.39, 0.29) is 0 Å². The quantitative estimate of drug-likeness (QED) is 0.666. The number of sulfonamides is 1. The summed E-state index contributed by atoms with van der Waals surface area (Å²) in [5, 5.41) is 3.26. The molecule has 0 unspecified atom stereocenters. The monoisotopic (exact) mass is 415 g/mol. The Morgan fingerprint density at radius 2 is 1.93 bits per heavy atom. The molecule has 1 aromatic carbocycles. The lowest BCUT2D eigenvalue weighted by Gasteiger charge is -2.26. The minimum absolute atomic E-state index is 0.298. The van der Waals surface area contributed by atoms with Gasteiger partial charge in [0.1, 0.15) is 17.1 Å². The normalized spacial score (nSPS) is 15.5. The molecule has 0 amide bonds. The lowest BCUT2D eigenvalue weighted by Crippen LogP contribution is -2.35. The van der Waals surface area contributed by atoms with E-state index in [4.69, 9.17) is 4.74 Å². The van der Waals surface area contributed by atoms with Crippen LogP contribution in [-0.2, 0) is 23.6 Å². The van der Waals surface area contributed by atoms with E-state index in [9.17, 15) is 8.42 Å². The van der Waals surface area contributed by atoms with Gasteiger partial charge >= 0.3 is 0 Å². The maximum atomic E-state index is 13.0. The Kier molecular flexibility index (Phi) is 5.42. The molecule has 0 atom stereocenters. The van der Waals surface area contributed by atoms with E-state index < -0.39 is 10.0 Å². The number of ether oxygens (including phenoxy) is 1. The van der Waals surface area contributed by atoms with E-state index in [2.05, 4.69) is 15.3 Å². The number of pyridine rings is 1. The molecule has 9 heteroatoms. The van der Waals surface area contributed by atoms with Crippen LogP contribution in [0.2, 0.25) is 0 Å². The second kappa shape index (κ2) is 8.00. The van der Waals surface area contributed by atoms with Gasteiger partial charge in [-0.3, -0.25) is 0 Å². The molecule has 0 spiro atoms. The highest BCUT2D eigenvalue weighted by Gasteiger charge is 2.26. The smallest absolute Gasteiger partial charge is 0.243 e. The Balaban J connectivity index is 1.58. The Hall–Kier alpha value is -2.65. The number of methoxy groups -OCH3 is 1. The number of anilines is 1. The van der Waals surface area contributed by atoms with Gasteiger partial charge in [-0.2, -0.15) is 4.31 Å². The average molecular weight is 416 g/mol. The summed E-state index contributed by atoms with van der Waals surface area (Å²) in [5.41, 5.74) is 2.55. The molecule has 1 saturated heterocycles. The molecule has 154 valence electrons. The minimum Gasteiger partial charge on any atom is -0.496 e. The van der Waals surface area contributed by atoms with Crippen LogP contribution in [0.1, 0.15) is 24.8 Å². The van der Waals surface area contributed by atoms with Crippen LogP contribution in [0.3, 0.4) is 0 Å². The van der Waals surface area contributed by atoms with Crippen molar-refractivity contribution in [3.8, 4) is 5.75 Å². The van der Waals surface area contributed by atoms with Crippen molar-refractivity contribution in [3.05, 3.63) is 42.4 Å². The summed E-state index contributed by atoms with van der Waals surface area (Å²) < 4.78 is 35.0. The summed E-state index contributed by atoms with van der Waals surface area (Å²) >= 11 is 0. The fourth-order valence-corrected chi connectivity index (χ4v) is 5.19. The first-order valence-corrected chi connectivity index (χ1v) is 11.1. The zero-order valence-corrected chi connectivity index (χ0v) is 17.4. The third-order valence-electron chi connectivity index (χ3n) is 5.28. The van der Waals surface area contributed by atoms with Crippen LogP contribution < -0.4 is 10.1 Å². The number of aromatic nitrogens is 3. The van der Waals surface area contributed by atoms with Gasteiger partial charge in [0.2, 0.25) is 10.0 Å². The lowest BCUT2D eigenvalue weighted by molar-refractivity contribution is 0.346. The first-order chi connectivity index (χ1) is 14.0. The maximum Gasteiger partial charge on any atom is 0.243 e. The predicted octanol–water partition coefficient (Wildman–Crippen LogP) is 2.76. The van der Waals surface area contributed by atoms with Crippen LogP contribution in [0.4, 0.5) is 5.82 Å². The molecule has 29 heavy (non-hydrogen) atoms. The molecule has 2 aromatic heterocycles. The zero-order chi connectivity index (χ0) is 20.4. The summed E-state index contributed by atoms with van der Waals surface area (Å²) in [5.74, 6) is 1.32. The fourth-order valence-electron chi connectivity index (χ4n) is 3.62. The van der Waals surface area contributed by atoms with Gasteiger partial charge in [-0.05, 0) is 31.0 Å². The molecule has 0 saturated carbocycles. The molecular weight excluding hydrogens is 390 g/mol. The number of hydrogen-bond acceptors (Lipinski definition) is 6. The topological polar surface area (TPSA) is 89.3 Å². The summed E-state index contributed by atoms with van der Waals surface area (Å²) in [7, 11) is 0.0120. The van der Waals surface area contributed by atoms with Crippen LogP contribution in [0.15, 0.2) is 41.7 Å². The van der Waals surface area contributed by atoms with Gasteiger partial charge in [-0.1, -0.05) is 6.42 Å². The Labute approximate surface area is 170 Å². The minimum atomic E-state index is -3.50. The number of fused-ring (bicyclic) bond motifs is 1. The van der Waals surface area contributed by atoms with Crippen LogP contribution >= 0.6 is 0 Å². The number of imidazole rings is 1. The molecule has 4 rings (SSSR count). The standard InChI is InChI=1S/C20H25N5O3S/c1-24-14-23-17-13-22-20(11-18(17)24)21-12-15-10-16(6-7-19(15)28-2)29(26,27)25-8-4-3-5-9-25/h6-7,10-11,13-14H,3-5,8-9,12H2,1-2H3,(H,21,22). The highest BCUT2D eigenvalue weighted by atomic mass is 32.2. The molecule has 0 bridgehead atoms. The zero-order valence-electron chi connectivity index (χ0n) is 16.6. The summed E-state index contributed by atoms with van der Waals surface area (Å²) in [6.45, 7) is 1.55. The average Bonchev–Trinajstić information content (AvgIpc) is 3.13. The number of hydrogen-bond donors (Lipinski definition) is 1. The van der Waals surface area contributed by atoms with Crippen molar-refractivity contribution in [1.29, 1.82) is 0 Å². The lowest BCUT2D eigenvalue weighted by atomic mass is 10.2. The van der Waals surface area contributed by atoms with Gasteiger partial charge < -0.3 is 14.6 Å². The molecule has 1 N–H and O–H groups in total. The van der Waals surface area contributed by atoms with Crippen LogP contribution in [0.25, 0.3) is 11.0 Å². The van der Waals surface area contributed by atoms with Gasteiger partial charge in [-0.25, -0.2) is 18.4 Å². The number of nitrogens with zero attached hydrogens (tertiary/aromatic N) is 4. The molecule has 0 aliphatic carbocycles. The number of piperidine rings is 1. The SMILES string of the molecule is COc1ccc(S(=O)(=O)N2CCCCC2)cc1CNc1cc2c(cn1)ncn2C. The first-order valence-electron chi connectivity index (χ1n) is 9.67. The van der Waals surface area contributed by atoms with Gasteiger partial charge in [-0.15, -0.1) is 0 Å². The Morgan fingerprint density at radius 1 is 1.14 bits per heavy atom. The van der Waals surface area contributed by atoms with Crippen molar-refractivity contribution in [2.45, 2.75) is 30.7 Å². The molecule has 1 aliphatic rings. The third-order valence-corrected chi connectivity index (χ3v) is 7.17. The van der Waals surface area contributed by atoms with E-state index in [1.54, 1.807) is 42.1 Å². The predicted molar refractivity (Wildman–Crippen MR) is 111 cm³/mol. The van der Waals surface area contributed by atoms with Gasteiger partial charge in [0.25, 0.3) is 0 Å². The van der Waals surface area contributed by atoms with Crippen LogP contribution in [-0.4, -0.2) is 47.5 Å². The van der Waals surface area contributed by atoms with E-state index >= 15 is 0 Å². The van der Waals surface area contributed by atoms with Crippen LogP contribution in [0, 0.1) is 0 Å². The highest BCUT2D eigenvalue weighted by molar-refractivity contribution is 7.89. The van der Waals surface area contributed by atoms with E-state index in [0.717, 1.165) is 35.9 Å². The molecule has 1 fully saturated rings. The molecule has 0 radical (unpaired) electrons. The Bertz CT molecular complexity index is 1120. The van der Waals surface area contributed by atoms with Gasteiger partial charge in [0.05, 0.1) is 30.0 Å². The van der Waals surface area contributed by atoms with E-state index in [0.29, 0.717) is 36.1 Å². The second-order valence-corrected chi connectivity index (χ2v) is 9.14. The number of nitrogens with one attached hydrogen (secondary N) is 1. The molecule has 3 aromatic rings. The van der Waals surface area contributed by atoms with Crippen molar-refractivity contribution >= 4 is 26.9 Å². The fraction of sp³-hybridized carbons (Fsp3) is 0.400. The van der Waals surface area contributed by atoms with Crippen molar-refractivity contribution in [2.24, 2.45) is 7.05 Å². The molecule has 1 aliphatic heterocycles. The maximum absolute atomic E-state index is 13.0. The summed E-state index contributed by atoms with van der Waals surface area (Å²) in [4.78, 5) is 8.95. The van der Waals surface area contributed by atoms with Crippen molar-refractivity contribution in [1.82, 2.24) is 18.8 Å². The summed E-state index contributed by atoms with van der Waals surface area (Å²) in [6, 6.07) is 6.94. The van der Waals surface area contributed by atoms with E-state index in [1.807, 2.05) is 17.7 Å². The Morgan fingerprint density at radius 3 is 2.69 bits per heavy atom. The molecule has 8 nitrogen and oxygen atoms in total. The van der Waals surface area contributed by atoms with Gasteiger partial charge in [0.15, 0.2) is 0 Å². The number of rotatable bonds is 6. The summed E-state index contributed by atoms with van der Waals surface area (Å²) in [6.07, 6.45) is 6.36. The molecular formula is C20H25N5O3S. The number of aryl methyl sites for hydroxylation is 1. The van der Waals surface area contributed by atoms with Crippen molar-refractivity contribution in [3.63, 3.8) is 0 Å². The molecule has 3 heterocycles. The van der Waals surface area contributed by atoms with Crippen molar-refractivity contribution < 1.29 is 13.2 Å². The highest BCUT2D eigenvalue weighted by Crippen LogP contribution is 2.27. The second-order valence-electron chi connectivity index (χ2n) is 7.21. The number of benzene rings is 1. The first kappa shape index (κ1) is 19.7.